The first kappa shape index (κ1) is 23.3. The Bertz CT molecular complexity index is 871. The zero-order chi connectivity index (χ0) is 22.1. The highest BCUT2D eigenvalue weighted by atomic mass is 16.5. The monoisotopic (exact) mass is 415 g/mol. The number of aliphatic imine (C=N–C) groups is 1. The molecule has 1 unspecified atom stereocenters. The Morgan fingerprint density at radius 2 is 2.03 bits per heavy atom. The number of guanidine groups is 1. The minimum atomic E-state index is -1.16. The van der Waals surface area contributed by atoms with E-state index in [2.05, 4.69) is 22.2 Å². The van der Waals surface area contributed by atoms with Gasteiger partial charge in [0.05, 0.1) is 27.3 Å². The second kappa shape index (κ2) is 10.7. The summed E-state index contributed by atoms with van der Waals surface area (Å²) in [6.07, 6.45) is 2.50. The third-order valence-corrected chi connectivity index (χ3v) is 4.62. The van der Waals surface area contributed by atoms with Gasteiger partial charge in [-0.1, -0.05) is 6.08 Å². The minimum absolute atomic E-state index is 0.249. The number of ether oxygens (including phenoxy) is 2. The molecule has 0 aliphatic carbocycles. The van der Waals surface area contributed by atoms with Crippen LogP contribution in [0.3, 0.4) is 0 Å². The molecule has 164 valence electrons. The van der Waals surface area contributed by atoms with Crippen LogP contribution >= 0.6 is 0 Å². The highest BCUT2D eigenvalue weighted by molar-refractivity contribution is 5.79. The van der Waals surface area contributed by atoms with Crippen molar-refractivity contribution < 1.29 is 19.0 Å². The summed E-state index contributed by atoms with van der Waals surface area (Å²) in [5.74, 6) is 3.24. The maximum absolute atomic E-state index is 10.7. The predicted molar refractivity (Wildman–Crippen MR) is 119 cm³/mol. The van der Waals surface area contributed by atoms with Gasteiger partial charge >= 0.3 is 0 Å². The molecule has 0 bridgehead atoms. The summed E-state index contributed by atoms with van der Waals surface area (Å²) < 4.78 is 16.5. The molecule has 30 heavy (non-hydrogen) atoms. The topological polar surface area (TPSA) is 88.3 Å². The molecule has 1 aromatic heterocycles. The molecule has 0 radical (unpaired) electrons. The molecule has 2 aromatic rings. The van der Waals surface area contributed by atoms with Crippen LogP contribution in [0.15, 0.2) is 46.3 Å². The number of allylic oxidation sites excluding steroid dienone is 1. The quantitative estimate of drug-likeness (QED) is 0.314. The highest BCUT2D eigenvalue weighted by Crippen LogP contribution is 2.33. The number of hydrogen-bond donors (Lipinski definition) is 3. The predicted octanol–water partition coefficient (Wildman–Crippen LogP) is 3.30. The Labute approximate surface area is 178 Å². The van der Waals surface area contributed by atoms with Crippen LogP contribution < -0.4 is 20.1 Å². The van der Waals surface area contributed by atoms with E-state index in [4.69, 9.17) is 13.9 Å². The van der Waals surface area contributed by atoms with Gasteiger partial charge in [-0.05, 0) is 57.0 Å². The average molecular weight is 416 g/mol. The van der Waals surface area contributed by atoms with Crippen LogP contribution in [-0.2, 0) is 18.6 Å². The Morgan fingerprint density at radius 1 is 1.27 bits per heavy atom. The highest BCUT2D eigenvalue weighted by Gasteiger charge is 2.27. The van der Waals surface area contributed by atoms with E-state index in [1.165, 1.54) is 0 Å². The normalized spacial score (nSPS) is 13.5. The van der Waals surface area contributed by atoms with E-state index >= 15 is 0 Å². The SMILES string of the molecule is C=CCc1cc(CN=C(NCC)NCC(C)(O)c2ccc(C)o2)cc(OC)c1OC. The standard InChI is InChI=1S/C23H33N3O4/c1-7-9-18-12-17(13-19(28-5)21(18)29-6)14-25-22(24-8-2)26-15-23(4,27)20-11-10-16(3)30-20/h7,10-13,27H,1,8-9,14-15H2,2-6H3,(H2,24,25,26). The number of benzene rings is 1. The Kier molecular flexibility index (Phi) is 8.35. The molecule has 0 saturated carbocycles. The van der Waals surface area contributed by atoms with E-state index in [1.54, 1.807) is 27.2 Å². The fraction of sp³-hybridized carbons (Fsp3) is 0.435. The molecule has 0 amide bonds. The lowest BCUT2D eigenvalue weighted by Crippen LogP contribution is -2.44. The summed E-state index contributed by atoms with van der Waals surface area (Å²) in [6.45, 7) is 10.7. The van der Waals surface area contributed by atoms with Crippen LogP contribution in [0, 0.1) is 6.92 Å². The molecule has 0 aliphatic heterocycles. The lowest BCUT2D eigenvalue weighted by Gasteiger charge is -2.23. The van der Waals surface area contributed by atoms with Gasteiger partial charge in [0, 0.05) is 12.1 Å². The summed E-state index contributed by atoms with van der Waals surface area (Å²) in [5, 5.41) is 17.1. The van der Waals surface area contributed by atoms with Gasteiger partial charge < -0.3 is 29.6 Å². The van der Waals surface area contributed by atoms with Gasteiger partial charge in [-0.25, -0.2) is 4.99 Å². The number of furan rings is 1. The van der Waals surface area contributed by atoms with E-state index in [0.29, 0.717) is 42.7 Å². The third kappa shape index (κ3) is 6.03. The van der Waals surface area contributed by atoms with E-state index < -0.39 is 5.60 Å². The first-order valence-electron chi connectivity index (χ1n) is 10.0. The molecular formula is C23H33N3O4. The molecule has 0 aliphatic rings. The van der Waals surface area contributed by atoms with Gasteiger partial charge in [0.15, 0.2) is 17.5 Å². The van der Waals surface area contributed by atoms with Crippen molar-refractivity contribution in [3.63, 3.8) is 0 Å². The lowest BCUT2D eigenvalue weighted by atomic mass is 10.0. The van der Waals surface area contributed by atoms with Crippen LogP contribution in [0.4, 0.5) is 0 Å². The summed E-state index contributed by atoms with van der Waals surface area (Å²) in [7, 11) is 3.24. The lowest BCUT2D eigenvalue weighted by molar-refractivity contribution is 0.0378. The van der Waals surface area contributed by atoms with Crippen LogP contribution in [-0.4, -0.2) is 38.4 Å². The number of aryl methyl sites for hydroxylation is 1. The molecule has 7 nitrogen and oxygen atoms in total. The zero-order valence-corrected chi connectivity index (χ0v) is 18.5. The summed E-state index contributed by atoms with van der Waals surface area (Å²) in [4.78, 5) is 4.65. The second-order valence-electron chi connectivity index (χ2n) is 7.22. The van der Waals surface area contributed by atoms with Crippen molar-refractivity contribution in [3.8, 4) is 11.5 Å². The fourth-order valence-electron chi connectivity index (χ4n) is 3.08. The van der Waals surface area contributed by atoms with Crippen LogP contribution in [0.25, 0.3) is 0 Å². The van der Waals surface area contributed by atoms with Crippen molar-refractivity contribution in [2.24, 2.45) is 4.99 Å². The molecule has 7 heteroatoms. The van der Waals surface area contributed by atoms with Gasteiger partial charge in [-0.3, -0.25) is 0 Å². The zero-order valence-electron chi connectivity index (χ0n) is 18.5. The Balaban J connectivity index is 2.17. The molecule has 3 N–H and O–H groups in total. The molecule has 1 atom stereocenters. The Hall–Kier alpha value is -2.93. The number of rotatable bonds is 10. The van der Waals surface area contributed by atoms with E-state index in [0.717, 1.165) is 16.9 Å². The number of nitrogens with one attached hydrogen (secondary N) is 2. The molecule has 1 heterocycles. The second-order valence-corrected chi connectivity index (χ2v) is 7.22. The molecule has 0 saturated heterocycles. The number of nitrogens with zero attached hydrogens (tertiary/aromatic N) is 1. The van der Waals surface area contributed by atoms with Gasteiger partial charge in [0.2, 0.25) is 0 Å². The first-order chi connectivity index (χ1) is 14.3. The van der Waals surface area contributed by atoms with Crippen molar-refractivity contribution >= 4 is 5.96 Å². The van der Waals surface area contributed by atoms with E-state index in [1.807, 2.05) is 38.1 Å². The van der Waals surface area contributed by atoms with E-state index in [-0.39, 0.29) is 6.54 Å². The van der Waals surface area contributed by atoms with Gasteiger partial charge in [-0.15, -0.1) is 6.58 Å². The maximum Gasteiger partial charge on any atom is 0.191 e. The number of aliphatic hydroxyl groups is 1. The van der Waals surface area contributed by atoms with Crippen molar-refractivity contribution in [2.75, 3.05) is 27.3 Å². The summed E-state index contributed by atoms with van der Waals surface area (Å²) in [6, 6.07) is 7.57. The van der Waals surface area contributed by atoms with Crippen LogP contribution in [0.5, 0.6) is 11.5 Å². The van der Waals surface area contributed by atoms with Crippen molar-refractivity contribution in [3.05, 3.63) is 59.6 Å². The average Bonchev–Trinajstić information content (AvgIpc) is 3.17. The summed E-state index contributed by atoms with van der Waals surface area (Å²) >= 11 is 0. The first-order valence-corrected chi connectivity index (χ1v) is 10.0. The molecular weight excluding hydrogens is 382 g/mol. The minimum Gasteiger partial charge on any atom is -0.493 e. The maximum atomic E-state index is 10.7. The molecule has 0 spiro atoms. The van der Waals surface area contributed by atoms with E-state index in [9.17, 15) is 5.11 Å². The molecule has 0 fully saturated rings. The van der Waals surface area contributed by atoms with Gasteiger partial charge in [-0.2, -0.15) is 0 Å². The fourth-order valence-corrected chi connectivity index (χ4v) is 3.08. The van der Waals surface area contributed by atoms with Crippen LogP contribution in [0.1, 0.15) is 36.5 Å². The van der Waals surface area contributed by atoms with Crippen molar-refractivity contribution in [1.29, 1.82) is 0 Å². The van der Waals surface area contributed by atoms with Gasteiger partial charge in [0.25, 0.3) is 0 Å². The molecule has 2 rings (SSSR count). The number of methoxy groups -OCH3 is 2. The van der Waals surface area contributed by atoms with Crippen molar-refractivity contribution in [2.45, 2.75) is 39.3 Å². The third-order valence-electron chi connectivity index (χ3n) is 4.62. The van der Waals surface area contributed by atoms with Gasteiger partial charge in [0.1, 0.15) is 17.1 Å². The smallest absolute Gasteiger partial charge is 0.191 e. The van der Waals surface area contributed by atoms with Crippen LogP contribution in [0.2, 0.25) is 0 Å². The summed E-state index contributed by atoms with van der Waals surface area (Å²) in [5.41, 5.74) is 0.812. The molecule has 1 aromatic carbocycles. The number of hydrogen-bond acceptors (Lipinski definition) is 5. The largest absolute Gasteiger partial charge is 0.493 e. The van der Waals surface area contributed by atoms with Crippen molar-refractivity contribution in [1.82, 2.24) is 10.6 Å². The Morgan fingerprint density at radius 3 is 2.60 bits per heavy atom.